The molecule has 0 aliphatic heterocycles. The molecule has 0 atom stereocenters. The van der Waals surface area contributed by atoms with E-state index < -0.39 is 0 Å². The van der Waals surface area contributed by atoms with Gasteiger partial charge in [0.05, 0.1) is 0 Å². The molecule has 0 N–H and O–H groups in total. The molecule has 2 rings (SSSR count). The molecule has 2 heteroatoms. The molecule has 74 valence electrons. The van der Waals surface area contributed by atoms with Gasteiger partial charge in [0.15, 0.2) is 0 Å². The highest BCUT2D eigenvalue weighted by molar-refractivity contribution is 5.79. The van der Waals surface area contributed by atoms with E-state index >= 15 is 0 Å². The molecular weight excluding hydrogens is 179 g/mol. The Bertz CT molecular complexity index is 336. The van der Waals surface area contributed by atoms with Crippen molar-refractivity contribution >= 4 is 5.78 Å². The number of carbonyl (C=O) groups is 1. The summed E-state index contributed by atoms with van der Waals surface area (Å²) in [6.45, 7) is 0. The van der Waals surface area contributed by atoms with Crippen molar-refractivity contribution in [2.45, 2.75) is 31.6 Å². The topological polar surface area (TPSA) is 17.1 Å². The lowest BCUT2D eigenvalue weighted by molar-refractivity contribution is -0.120. The van der Waals surface area contributed by atoms with Crippen LogP contribution in [0, 0.1) is 5.82 Å². The molecule has 0 spiro atoms. The van der Waals surface area contributed by atoms with Crippen molar-refractivity contribution in [3.8, 4) is 0 Å². The molecule has 0 unspecified atom stereocenters. The van der Waals surface area contributed by atoms with Gasteiger partial charge in [-0.15, -0.1) is 0 Å². The van der Waals surface area contributed by atoms with Crippen LogP contribution in [0.1, 0.15) is 37.2 Å². The molecule has 1 aliphatic carbocycles. The summed E-state index contributed by atoms with van der Waals surface area (Å²) >= 11 is 0. The monoisotopic (exact) mass is 192 g/mol. The van der Waals surface area contributed by atoms with Gasteiger partial charge in [0.25, 0.3) is 0 Å². The lowest BCUT2D eigenvalue weighted by Crippen LogP contribution is -2.13. The Morgan fingerprint density at radius 3 is 2.43 bits per heavy atom. The Morgan fingerprint density at radius 2 is 1.79 bits per heavy atom. The van der Waals surface area contributed by atoms with E-state index in [1.807, 2.05) is 12.1 Å². The van der Waals surface area contributed by atoms with E-state index in [4.69, 9.17) is 0 Å². The van der Waals surface area contributed by atoms with E-state index in [0.717, 1.165) is 18.4 Å². The first kappa shape index (κ1) is 9.38. The summed E-state index contributed by atoms with van der Waals surface area (Å²) in [5, 5.41) is 0. The summed E-state index contributed by atoms with van der Waals surface area (Å²) in [5.41, 5.74) is 0.778. The third-order valence-electron chi connectivity index (χ3n) is 2.89. The second-order valence-corrected chi connectivity index (χ2v) is 3.83. The van der Waals surface area contributed by atoms with Gasteiger partial charge in [-0.1, -0.05) is 18.2 Å². The minimum atomic E-state index is -0.133. The van der Waals surface area contributed by atoms with E-state index in [9.17, 15) is 9.18 Å². The zero-order valence-corrected chi connectivity index (χ0v) is 8.00. The summed E-state index contributed by atoms with van der Waals surface area (Å²) in [4.78, 5) is 11.0. The van der Waals surface area contributed by atoms with Gasteiger partial charge in [-0.25, -0.2) is 4.39 Å². The van der Waals surface area contributed by atoms with Crippen LogP contribution >= 0.6 is 0 Å². The number of halogens is 1. The van der Waals surface area contributed by atoms with Crippen LogP contribution in [0.4, 0.5) is 4.39 Å². The zero-order chi connectivity index (χ0) is 9.97. The summed E-state index contributed by atoms with van der Waals surface area (Å²) < 4.78 is 13.4. The number of ketones is 1. The normalized spacial score (nSPS) is 18.5. The first-order chi connectivity index (χ1) is 6.77. The Balaban J connectivity index is 2.16. The standard InChI is InChI=1S/C12H13FO/c13-12-4-2-1-3-11(12)9-5-7-10(14)8-6-9/h1-4,9H,5-8H2. The van der Waals surface area contributed by atoms with Gasteiger partial charge in [0.1, 0.15) is 11.6 Å². The summed E-state index contributed by atoms with van der Waals surface area (Å²) in [6.07, 6.45) is 2.83. The first-order valence-electron chi connectivity index (χ1n) is 5.03. The number of carbonyl (C=O) groups excluding carboxylic acids is 1. The number of hydrogen-bond donors (Lipinski definition) is 0. The van der Waals surface area contributed by atoms with Crippen molar-refractivity contribution in [2.75, 3.05) is 0 Å². The molecule has 1 nitrogen and oxygen atoms in total. The SMILES string of the molecule is O=C1CCC(c2ccccc2F)CC1. The van der Waals surface area contributed by atoms with Crippen LogP contribution < -0.4 is 0 Å². The fourth-order valence-electron chi connectivity index (χ4n) is 2.06. The number of Topliss-reactive ketones (excluding diaryl/α,β-unsaturated/α-hetero) is 1. The zero-order valence-electron chi connectivity index (χ0n) is 8.00. The van der Waals surface area contributed by atoms with Crippen LogP contribution in [0.5, 0.6) is 0 Å². The quantitative estimate of drug-likeness (QED) is 0.668. The van der Waals surface area contributed by atoms with E-state index in [1.165, 1.54) is 6.07 Å². The molecule has 0 aromatic heterocycles. The largest absolute Gasteiger partial charge is 0.300 e. The van der Waals surface area contributed by atoms with Gasteiger partial charge >= 0.3 is 0 Å². The molecule has 1 fully saturated rings. The smallest absolute Gasteiger partial charge is 0.132 e. The maximum absolute atomic E-state index is 13.4. The van der Waals surface area contributed by atoms with E-state index in [-0.39, 0.29) is 11.7 Å². The third-order valence-corrected chi connectivity index (χ3v) is 2.89. The predicted molar refractivity (Wildman–Crippen MR) is 52.6 cm³/mol. The lowest BCUT2D eigenvalue weighted by atomic mass is 9.83. The van der Waals surface area contributed by atoms with Crippen molar-refractivity contribution in [1.29, 1.82) is 0 Å². The number of rotatable bonds is 1. The van der Waals surface area contributed by atoms with Gasteiger partial charge in [0, 0.05) is 12.8 Å². The van der Waals surface area contributed by atoms with Crippen molar-refractivity contribution in [2.24, 2.45) is 0 Å². The Labute approximate surface area is 82.9 Å². The Morgan fingerprint density at radius 1 is 1.14 bits per heavy atom. The maximum atomic E-state index is 13.4. The van der Waals surface area contributed by atoms with E-state index in [0.29, 0.717) is 18.6 Å². The van der Waals surface area contributed by atoms with Gasteiger partial charge in [-0.05, 0) is 30.4 Å². The van der Waals surface area contributed by atoms with Crippen LogP contribution in [-0.4, -0.2) is 5.78 Å². The van der Waals surface area contributed by atoms with Crippen LogP contribution in [0.25, 0.3) is 0 Å². The number of benzene rings is 1. The predicted octanol–water partition coefficient (Wildman–Crippen LogP) is 3.05. The van der Waals surface area contributed by atoms with Crippen molar-refractivity contribution in [1.82, 2.24) is 0 Å². The molecule has 0 amide bonds. The molecule has 14 heavy (non-hydrogen) atoms. The first-order valence-corrected chi connectivity index (χ1v) is 5.03. The van der Waals surface area contributed by atoms with Gasteiger partial charge in [-0.2, -0.15) is 0 Å². The maximum Gasteiger partial charge on any atom is 0.132 e. The van der Waals surface area contributed by atoms with Crippen LogP contribution in [-0.2, 0) is 4.79 Å². The van der Waals surface area contributed by atoms with Crippen molar-refractivity contribution < 1.29 is 9.18 Å². The van der Waals surface area contributed by atoms with E-state index in [1.54, 1.807) is 6.07 Å². The Hall–Kier alpha value is -1.18. The second-order valence-electron chi connectivity index (χ2n) is 3.83. The summed E-state index contributed by atoms with van der Waals surface area (Å²) in [5.74, 6) is 0.429. The molecule has 0 heterocycles. The van der Waals surface area contributed by atoms with Gasteiger partial charge in [0.2, 0.25) is 0 Å². The minimum Gasteiger partial charge on any atom is -0.300 e. The molecular formula is C12H13FO. The highest BCUT2D eigenvalue weighted by Crippen LogP contribution is 2.32. The Kier molecular flexibility index (Phi) is 2.62. The van der Waals surface area contributed by atoms with Gasteiger partial charge in [-0.3, -0.25) is 4.79 Å². The molecule has 0 bridgehead atoms. The number of hydrogen-bond acceptors (Lipinski definition) is 1. The average Bonchev–Trinajstić information content (AvgIpc) is 2.20. The second kappa shape index (κ2) is 3.91. The van der Waals surface area contributed by atoms with Crippen molar-refractivity contribution in [3.63, 3.8) is 0 Å². The van der Waals surface area contributed by atoms with Crippen LogP contribution in [0.15, 0.2) is 24.3 Å². The molecule has 1 aromatic rings. The highest BCUT2D eigenvalue weighted by Gasteiger charge is 2.21. The average molecular weight is 192 g/mol. The molecule has 1 aliphatic rings. The third kappa shape index (κ3) is 1.84. The van der Waals surface area contributed by atoms with Gasteiger partial charge < -0.3 is 0 Å². The fourth-order valence-corrected chi connectivity index (χ4v) is 2.06. The molecule has 0 saturated heterocycles. The van der Waals surface area contributed by atoms with Crippen LogP contribution in [0.2, 0.25) is 0 Å². The van der Waals surface area contributed by atoms with E-state index in [2.05, 4.69) is 0 Å². The van der Waals surface area contributed by atoms with Crippen molar-refractivity contribution in [3.05, 3.63) is 35.6 Å². The molecule has 1 saturated carbocycles. The lowest BCUT2D eigenvalue weighted by Gasteiger charge is -2.21. The van der Waals surface area contributed by atoms with Crippen LogP contribution in [0.3, 0.4) is 0 Å². The fraction of sp³-hybridized carbons (Fsp3) is 0.417. The highest BCUT2D eigenvalue weighted by atomic mass is 19.1. The summed E-state index contributed by atoms with van der Waals surface area (Å²) in [7, 11) is 0. The molecule has 1 aromatic carbocycles. The summed E-state index contributed by atoms with van der Waals surface area (Å²) in [6, 6.07) is 6.88. The molecule has 0 radical (unpaired) electrons. The minimum absolute atomic E-state index is 0.133.